The summed E-state index contributed by atoms with van der Waals surface area (Å²) in [5, 5.41) is 0. The van der Waals surface area contributed by atoms with Crippen LogP contribution in [-0.2, 0) is 0 Å². The van der Waals surface area contributed by atoms with Gasteiger partial charge in [-0.25, -0.2) is 15.0 Å². The van der Waals surface area contributed by atoms with Crippen molar-refractivity contribution in [1.29, 1.82) is 0 Å². The highest BCUT2D eigenvalue weighted by molar-refractivity contribution is 9.10. The number of nitrogen functional groups attached to an aromatic ring is 1. The molecule has 0 fully saturated rings. The minimum atomic E-state index is 0.485. The van der Waals surface area contributed by atoms with Crippen molar-refractivity contribution in [1.82, 2.24) is 15.0 Å². The second-order valence-corrected chi connectivity index (χ2v) is 3.39. The van der Waals surface area contributed by atoms with Gasteiger partial charge < -0.3 is 5.73 Å². The average Bonchev–Trinajstić information content (AvgIpc) is 2.20. The minimum absolute atomic E-state index is 0.485. The average molecular weight is 251 g/mol. The van der Waals surface area contributed by atoms with Gasteiger partial charge in [0.1, 0.15) is 5.82 Å². The smallest absolute Gasteiger partial charge is 0.196 e. The summed E-state index contributed by atoms with van der Waals surface area (Å²) in [6.07, 6.45) is 5.05. The van der Waals surface area contributed by atoms with Gasteiger partial charge in [0.25, 0.3) is 0 Å². The third-order valence-electron chi connectivity index (χ3n) is 1.77. The predicted molar refractivity (Wildman–Crippen MR) is 57.4 cm³/mol. The van der Waals surface area contributed by atoms with Crippen LogP contribution in [0.5, 0.6) is 0 Å². The van der Waals surface area contributed by atoms with E-state index in [2.05, 4.69) is 30.9 Å². The molecule has 2 aromatic heterocycles. The number of nitrogens with two attached hydrogens (primary N) is 1. The van der Waals surface area contributed by atoms with Crippen LogP contribution in [0.1, 0.15) is 0 Å². The molecule has 2 heterocycles. The quantitative estimate of drug-likeness (QED) is 0.786. The molecular weight excluding hydrogens is 244 g/mol. The predicted octanol–water partition coefficient (Wildman–Crippen LogP) is 1.88. The monoisotopic (exact) mass is 250 g/mol. The first-order chi connectivity index (χ1) is 6.77. The summed E-state index contributed by atoms with van der Waals surface area (Å²) in [4.78, 5) is 12.0. The molecule has 0 aliphatic heterocycles. The molecule has 14 heavy (non-hydrogen) atoms. The third kappa shape index (κ3) is 1.72. The Morgan fingerprint density at radius 1 is 1.14 bits per heavy atom. The zero-order valence-corrected chi connectivity index (χ0v) is 8.77. The second-order valence-electron chi connectivity index (χ2n) is 2.68. The maximum atomic E-state index is 5.71. The summed E-state index contributed by atoms with van der Waals surface area (Å²) in [5.41, 5.74) is 7.42. The van der Waals surface area contributed by atoms with E-state index in [0.29, 0.717) is 10.6 Å². The van der Waals surface area contributed by atoms with Gasteiger partial charge in [-0.2, -0.15) is 0 Å². The molecule has 0 radical (unpaired) electrons. The highest BCUT2D eigenvalue weighted by Crippen LogP contribution is 2.22. The van der Waals surface area contributed by atoms with E-state index in [4.69, 9.17) is 5.73 Å². The highest BCUT2D eigenvalue weighted by atomic mass is 79.9. The molecule has 0 aromatic carbocycles. The van der Waals surface area contributed by atoms with E-state index in [1.807, 2.05) is 12.1 Å². The fraction of sp³-hybridized carbons (Fsp3) is 0. The van der Waals surface area contributed by atoms with Crippen molar-refractivity contribution in [3.8, 4) is 11.1 Å². The second kappa shape index (κ2) is 3.71. The van der Waals surface area contributed by atoms with Gasteiger partial charge in [-0.15, -0.1) is 0 Å². The lowest BCUT2D eigenvalue weighted by Crippen LogP contribution is -1.94. The Balaban J connectivity index is 2.50. The highest BCUT2D eigenvalue weighted by Gasteiger charge is 2.02. The van der Waals surface area contributed by atoms with Gasteiger partial charge in [0, 0.05) is 29.7 Å². The Hall–Kier alpha value is -1.49. The van der Waals surface area contributed by atoms with Crippen LogP contribution < -0.4 is 5.73 Å². The van der Waals surface area contributed by atoms with Crippen LogP contribution in [0.3, 0.4) is 0 Å². The molecule has 0 saturated heterocycles. The molecule has 2 aromatic rings. The van der Waals surface area contributed by atoms with E-state index in [-0.39, 0.29) is 0 Å². The first kappa shape index (κ1) is 9.08. The maximum Gasteiger partial charge on any atom is 0.196 e. The number of aromatic nitrogens is 3. The molecule has 0 bridgehead atoms. The lowest BCUT2D eigenvalue weighted by molar-refractivity contribution is 1.11. The fourth-order valence-corrected chi connectivity index (χ4v) is 1.32. The van der Waals surface area contributed by atoms with Crippen molar-refractivity contribution < 1.29 is 0 Å². The number of hydrogen-bond acceptors (Lipinski definition) is 4. The van der Waals surface area contributed by atoms with Gasteiger partial charge in [0.2, 0.25) is 0 Å². The first-order valence-electron chi connectivity index (χ1n) is 3.96. The zero-order valence-electron chi connectivity index (χ0n) is 7.18. The van der Waals surface area contributed by atoms with Crippen molar-refractivity contribution >= 4 is 21.7 Å². The Morgan fingerprint density at radius 2 is 1.86 bits per heavy atom. The fourth-order valence-electron chi connectivity index (χ4n) is 1.11. The Morgan fingerprint density at radius 3 is 2.50 bits per heavy atom. The van der Waals surface area contributed by atoms with E-state index in [1.165, 1.54) is 0 Å². The van der Waals surface area contributed by atoms with Crippen molar-refractivity contribution in [2.45, 2.75) is 0 Å². The molecule has 0 atom stereocenters. The molecule has 70 valence electrons. The van der Waals surface area contributed by atoms with Crippen LogP contribution >= 0.6 is 15.9 Å². The molecular formula is C9H7BrN4. The maximum absolute atomic E-state index is 5.71. The van der Waals surface area contributed by atoms with Gasteiger partial charge in [-0.05, 0) is 28.1 Å². The van der Waals surface area contributed by atoms with Crippen molar-refractivity contribution in [3.63, 3.8) is 0 Å². The molecule has 0 spiro atoms. The summed E-state index contributed by atoms with van der Waals surface area (Å²) < 4.78 is 0.559. The van der Waals surface area contributed by atoms with Crippen molar-refractivity contribution in [2.24, 2.45) is 0 Å². The van der Waals surface area contributed by atoms with Gasteiger partial charge in [0.15, 0.2) is 4.73 Å². The Bertz CT molecular complexity index is 441. The van der Waals surface area contributed by atoms with Crippen molar-refractivity contribution in [3.05, 3.63) is 35.5 Å². The first-order valence-corrected chi connectivity index (χ1v) is 4.75. The van der Waals surface area contributed by atoms with Crippen LogP contribution in [0, 0.1) is 0 Å². The molecule has 0 aliphatic carbocycles. The summed E-state index contributed by atoms with van der Waals surface area (Å²) in [6, 6.07) is 3.71. The standard InChI is InChI=1S/C9H7BrN4/c10-9-13-4-6(5-14-9)7-2-1-3-12-8(7)11/h1-5H,(H2,11,12). The van der Waals surface area contributed by atoms with Gasteiger partial charge in [-0.1, -0.05) is 0 Å². The number of hydrogen-bond donors (Lipinski definition) is 1. The van der Waals surface area contributed by atoms with E-state index < -0.39 is 0 Å². The molecule has 0 aliphatic rings. The molecule has 5 heteroatoms. The zero-order chi connectivity index (χ0) is 9.97. The molecule has 0 amide bonds. The van der Waals surface area contributed by atoms with Crippen molar-refractivity contribution in [2.75, 3.05) is 5.73 Å². The van der Waals surface area contributed by atoms with E-state index in [9.17, 15) is 0 Å². The van der Waals surface area contributed by atoms with Gasteiger partial charge in [0.05, 0.1) is 0 Å². The van der Waals surface area contributed by atoms with E-state index in [1.54, 1.807) is 18.6 Å². The van der Waals surface area contributed by atoms with Gasteiger partial charge in [-0.3, -0.25) is 0 Å². The summed E-state index contributed by atoms with van der Waals surface area (Å²) in [7, 11) is 0. The Kier molecular flexibility index (Phi) is 2.41. The van der Waals surface area contributed by atoms with E-state index in [0.717, 1.165) is 11.1 Å². The lowest BCUT2D eigenvalue weighted by atomic mass is 10.1. The summed E-state index contributed by atoms with van der Waals surface area (Å²) >= 11 is 3.17. The van der Waals surface area contributed by atoms with Crippen LogP contribution in [0.15, 0.2) is 35.5 Å². The molecule has 0 unspecified atom stereocenters. The molecule has 2 rings (SSSR count). The van der Waals surface area contributed by atoms with Crippen LogP contribution in [0.4, 0.5) is 5.82 Å². The number of halogens is 1. The summed E-state index contributed by atoms with van der Waals surface area (Å²) in [5.74, 6) is 0.485. The Labute approximate surface area is 89.4 Å². The topological polar surface area (TPSA) is 64.7 Å². The molecule has 4 nitrogen and oxygen atoms in total. The third-order valence-corrected chi connectivity index (χ3v) is 2.18. The number of pyridine rings is 1. The molecule has 0 saturated carbocycles. The number of anilines is 1. The normalized spacial score (nSPS) is 10.1. The number of nitrogens with zero attached hydrogens (tertiary/aromatic N) is 3. The summed E-state index contributed by atoms with van der Waals surface area (Å²) in [6.45, 7) is 0. The van der Waals surface area contributed by atoms with Crippen LogP contribution in [0.25, 0.3) is 11.1 Å². The largest absolute Gasteiger partial charge is 0.383 e. The van der Waals surface area contributed by atoms with Crippen LogP contribution in [-0.4, -0.2) is 15.0 Å². The SMILES string of the molecule is Nc1ncccc1-c1cnc(Br)nc1. The minimum Gasteiger partial charge on any atom is -0.383 e. The van der Waals surface area contributed by atoms with Crippen LogP contribution in [0.2, 0.25) is 0 Å². The van der Waals surface area contributed by atoms with E-state index >= 15 is 0 Å². The van der Waals surface area contributed by atoms with Gasteiger partial charge >= 0.3 is 0 Å². The lowest BCUT2D eigenvalue weighted by Gasteiger charge is -2.02. The number of rotatable bonds is 1. The molecule has 2 N–H and O–H groups in total.